The van der Waals surface area contributed by atoms with E-state index in [9.17, 15) is 14.4 Å². The molecule has 0 saturated heterocycles. The fourth-order valence-corrected chi connectivity index (χ4v) is 1.28. The Labute approximate surface area is 106 Å². The molecule has 0 radical (unpaired) electrons. The molecule has 0 rings (SSSR count). The van der Waals surface area contributed by atoms with E-state index in [1.165, 1.54) is 28.1 Å². The molecule has 0 aromatic carbocycles. The van der Waals surface area contributed by atoms with E-state index in [2.05, 4.69) is 20.1 Å². The molecular weight excluding hydrogens is 240 g/mol. The second kappa shape index (κ2) is 6.95. The summed E-state index contributed by atoms with van der Waals surface area (Å²) in [7, 11) is 4.02. The maximum absolute atomic E-state index is 11.9. The number of carbonyl (C=O) groups is 3. The zero-order chi connectivity index (χ0) is 14.3. The van der Waals surface area contributed by atoms with Gasteiger partial charge in [0.25, 0.3) is 0 Å². The van der Waals surface area contributed by atoms with Crippen molar-refractivity contribution < 1.29 is 23.9 Å². The van der Waals surface area contributed by atoms with Gasteiger partial charge >= 0.3 is 11.9 Å². The van der Waals surface area contributed by atoms with Crippen LogP contribution in [0.5, 0.6) is 0 Å². The average Bonchev–Trinajstić information content (AvgIpc) is 2.33. The lowest BCUT2D eigenvalue weighted by molar-refractivity contribution is -0.150. The van der Waals surface area contributed by atoms with Crippen LogP contribution in [0, 0.1) is 0 Å². The minimum Gasteiger partial charge on any atom is -0.469 e. The van der Waals surface area contributed by atoms with Gasteiger partial charge in [0, 0.05) is 0 Å². The van der Waals surface area contributed by atoms with Crippen molar-refractivity contribution in [3.8, 4) is 0 Å². The Hall–Kier alpha value is -1.63. The van der Waals surface area contributed by atoms with Gasteiger partial charge in [-0.25, -0.2) is 4.79 Å². The lowest BCUT2D eigenvalue weighted by Gasteiger charge is -2.25. The maximum Gasteiger partial charge on any atom is 0.330 e. The molecular formula is C11H20N2O5. The monoisotopic (exact) mass is 260 g/mol. The second-order valence-corrected chi connectivity index (χ2v) is 4.23. The summed E-state index contributed by atoms with van der Waals surface area (Å²) in [5, 5.41) is 5.19. The first kappa shape index (κ1) is 16.4. The largest absolute Gasteiger partial charge is 0.469 e. The van der Waals surface area contributed by atoms with Gasteiger partial charge in [-0.2, -0.15) is 0 Å². The zero-order valence-corrected chi connectivity index (χ0v) is 11.3. The van der Waals surface area contributed by atoms with Crippen LogP contribution in [0.2, 0.25) is 0 Å². The van der Waals surface area contributed by atoms with Crippen molar-refractivity contribution in [2.75, 3.05) is 21.3 Å². The Kier molecular flexibility index (Phi) is 6.32. The smallest absolute Gasteiger partial charge is 0.330 e. The number of esters is 2. The van der Waals surface area contributed by atoms with E-state index in [0.29, 0.717) is 0 Å². The molecule has 0 aromatic heterocycles. The molecule has 1 amide bonds. The normalized spacial score (nSPS) is 12.5. The Balaban J connectivity index is 4.62. The van der Waals surface area contributed by atoms with Crippen LogP contribution in [0.3, 0.4) is 0 Å². The van der Waals surface area contributed by atoms with Gasteiger partial charge in [0.05, 0.1) is 26.7 Å². The van der Waals surface area contributed by atoms with Crippen molar-refractivity contribution in [3.63, 3.8) is 0 Å². The molecule has 7 heteroatoms. The third-order valence-corrected chi connectivity index (χ3v) is 2.39. The molecule has 18 heavy (non-hydrogen) atoms. The number of ether oxygens (including phenoxy) is 2. The first-order valence-corrected chi connectivity index (χ1v) is 5.43. The van der Waals surface area contributed by atoms with Gasteiger partial charge in [0.2, 0.25) is 5.91 Å². The number of hydrogen-bond donors (Lipinski definition) is 2. The molecule has 0 fully saturated rings. The van der Waals surface area contributed by atoms with Crippen molar-refractivity contribution in [1.29, 1.82) is 0 Å². The van der Waals surface area contributed by atoms with Crippen LogP contribution in [-0.2, 0) is 23.9 Å². The summed E-state index contributed by atoms with van der Waals surface area (Å²) >= 11 is 0. The van der Waals surface area contributed by atoms with E-state index in [1.807, 2.05) is 0 Å². The molecule has 2 N–H and O–H groups in total. The standard InChI is InChI=1S/C11H20N2O5/c1-11(2,10(16)18-5)13-9(15)7(12-3)6-8(14)17-4/h7,12H,6H2,1-5H3,(H,13,15). The minimum absolute atomic E-state index is 0.115. The zero-order valence-electron chi connectivity index (χ0n) is 11.3. The van der Waals surface area contributed by atoms with Crippen LogP contribution in [0.4, 0.5) is 0 Å². The van der Waals surface area contributed by atoms with Gasteiger partial charge in [-0.1, -0.05) is 0 Å². The number of carbonyl (C=O) groups excluding carboxylic acids is 3. The number of likely N-dealkylation sites (N-methyl/N-ethyl adjacent to an activating group) is 1. The number of amides is 1. The predicted molar refractivity (Wildman–Crippen MR) is 63.7 cm³/mol. The van der Waals surface area contributed by atoms with Gasteiger partial charge in [0.1, 0.15) is 5.54 Å². The summed E-state index contributed by atoms with van der Waals surface area (Å²) in [4.78, 5) is 34.4. The highest BCUT2D eigenvalue weighted by Gasteiger charge is 2.33. The first-order valence-electron chi connectivity index (χ1n) is 5.43. The topological polar surface area (TPSA) is 93.7 Å². The highest BCUT2D eigenvalue weighted by molar-refractivity contribution is 5.91. The molecule has 0 aromatic rings. The molecule has 0 spiro atoms. The highest BCUT2D eigenvalue weighted by atomic mass is 16.5. The van der Waals surface area contributed by atoms with Crippen LogP contribution >= 0.6 is 0 Å². The van der Waals surface area contributed by atoms with Crippen LogP contribution in [-0.4, -0.2) is 50.7 Å². The van der Waals surface area contributed by atoms with Crippen LogP contribution in [0.15, 0.2) is 0 Å². The van der Waals surface area contributed by atoms with E-state index in [0.717, 1.165) is 0 Å². The van der Waals surface area contributed by atoms with E-state index in [-0.39, 0.29) is 6.42 Å². The molecule has 1 atom stereocenters. The summed E-state index contributed by atoms with van der Waals surface area (Å²) in [6.45, 7) is 3.03. The first-order chi connectivity index (χ1) is 8.28. The molecule has 0 aliphatic heterocycles. The fourth-order valence-electron chi connectivity index (χ4n) is 1.28. The Morgan fingerprint density at radius 1 is 1.17 bits per heavy atom. The summed E-state index contributed by atoms with van der Waals surface area (Å²) in [6, 6.07) is -0.763. The molecule has 1 unspecified atom stereocenters. The fraction of sp³-hybridized carbons (Fsp3) is 0.727. The molecule has 0 bridgehead atoms. The van der Waals surface area contributed by atoms with Crippen molar-refractivity contribution in [1.82, 2.24) is 10.6 Å². The van der Waals surface area contributed by atoms with Crippen LogP contribution in [0.25, 0.3) is 0 Å². The Morgan fingerprint density at radius 3 is 2.11 bits per heavy atom. The van der Waals surface area contributed by atoms with Gasteiger partial charge in [-0.05, 0) is 20.9 Å². The minimum atomic E-state index is -1.16. The summed E-state index contributed by atoms with van der Waals surface area (Å²) < 4.78 is 9.05. The SMILES string of the molecule is CNC(CC(=O)OC)C(=O)NC(C)(C)C(=O)OC. The lowest BCUT2D eigenvalue weighted by Crippen LogP contribution is -2.55. The average molecular weight is 260 g/mol. The number of hydrogen-bond acceptors (Lipinski definition) is 6. The van der Waals surface area contributed by atoms with Gasteiger partial charge in [-0.15, -0.1) is 0 Å². The van der Waals surface area contributed by atoms with Gasteiger partial charge in [0.15, 0.2) is 0 Å². The summed E-state index contributed by atoms with van der Waals surface area (Å²) in [6.07, 6.45) is -0.115. The number of nitrogens with one attached hydrogen (secondary N) is 2. The van der Waals surface area contributed by atoms with Crippen molar-refractivity contribution in [2.24, 2.45) is 0 Å². The third-order valence-electron chi connectivity index (χ3n) is 2.39. The third kappa shape index (κ3) is 4.70. The molecule has 7 nitrogen and oxygen atoms in total. The molecule has 0 aliphatic carbocycles. The van der Waals surface area contributed by atoms with Crippen molar-refractivity contribution in [3.05, 3.63) is 0 Å². The number of methoxy groups -OCH3 is 2. The predicted octanol–water partition coefficient (Wildman–Crippen LogP) is -0.795. The summed E-state index contributed by atoms with van der Waals surface area (Å²) in [5.74, 6) is -1.55. The second-order valence-electron chi connectivity index (χ2n) is 4.23. The quantitative estimate of drug-likeness (QED) is 0.608. The van der Waals surface area contributed by atoms with Crippen LogP contribution < -0.4 is 10.6 Å². The lowest BCUT2D eigenvalue weighted by atomic mass is 10.0. The number of rotatable bonds is 6. The van der Waals surface area contributed by atoms with Crippen LogP contribution in [0.1, 0.15) is 20.3 Å². The molecule has 0 heterocycles. The van der Waals surface area contributed by atoms with E-state index in [4.69, 9.17) is 0 Å². The molecule has 0 aliphatic rings. The van der Waals surface area contributed by atoms with E-state index < -0.39 is 29.4 Å². The Morgan fingerprint density at radius 2 is 1.72 bits per heavy atom. The van der Waals surface area contributed by atoms with Crippen molar-refractivity contribution >= 4 is 17.8 Å². The highest BCUT2D eigenvalue weighted by Crippen LogP contribution is 2.06. The van der Waals surface area contributed by atoms with Crippen molar-refractivity contribution in [2.45, 2.75) is 31.8 Å². The molecule has 104 valence electrons. The Bertz CT molecular complexity index is 327. The van der Waals surface area contributed by atoms with Gasteiger partial charge in [-0.3, -0.25) is 9.59 Å². The maximum atomic E-state index is 11.9. The molecule has 0 saturated carbocycles. The van der Waals surface area contributed by atoms with E-state index in [1.54, 1.807) is 7.05 Å². The van der Waals surface area contributed by atoms with E-state index >= 15 is 0 Å². The van der Waals surface area contributed by atoms with Gasteiger partial charge < -0.3 is 20.1 Å². The summed E-state index contributed by atoms with van der Waals surface area (Å²) in [5.41, 5.74) is -1.16.